The quantitative estimate of drug-likeness (QED) is 0.715. The van der Waals surface area contributed by atoms with E-state index >= 15 is 0 Å². The van der Waals surface area contributed by atoms with Gasteiger partial charge in [-0.2, -0.15) is 0 Å². The molecule has 0 aromatic heterocycles. The molecule has 0 saturated carbocycles. The Hall–Kier alpha value is -2.82. The van der Waals surface area contributed by atoms with E-state index in [2.05, 4.69) is 5.32 Å². The number of carbonyl (C=O) groups is 2. The fourth-order valence-electron chi connectivity index (χ4n) is 2.35. The van der Waals surface area contributed by atoms with Gasteiger partial charge in [0, 0.05) is 5.56 Å². The van der Waals surface area contributed by atoms with E-state index in [4.69, 9.17) is 9.47 Å². The molecule has 26 heavy (non-hydrogen) atoms. The smallest absolute Gasteiger partial charge is 0.309 e. The summed E-state index contributed by atoms with van der Waals surface area (Å²) in [6, 6.07) is 16.2. The van der Waals surface area contributed by atoms with E-state index in [1.165, 1.54) is 0 Å². The fraction of sp³-hybridized carbons (Fsp3) is 0.333. The van der Waals surface area contributed by atoms with Crippen LogP contribution in [0.4, 0.5) is 5.69 Å². The maximum atomic E-state index is 12.9. The third kappa shape index (κ3) is 5.09. The highest BCUT2D eigenvalue weighted by Crippen LogP contribution is 2.27. The topological polar surface area (TPSA) is 64.6 Å². The summed E-state index contributed by atoms with van der Waals surface area (Å²) in [5, 5.41) is 2.82. The largest absolute Gasteiger partial charge is 0.492 e. The van der Waals surface area contributed by atoms with Gasteiger partial charge >= 0.3 is 5.97 Å². The Labute approximate surface area is 154 Å². The number of amides is 1. The molecule has 0 spiro atoms. The first-order chi connectivity index (χ1) is 12.6. The Morgan fingerprint density at radius 2 is 1.65 bits per heavy atom. The van der Waals surface area contributed by atoms with E-state index in [-0.39, 0.29) is 5.92 Å². The first-order valence-corrected chi connectivity index (χ1v) is 8.84. The second-order valence-corrected chi connectivity index (χ2v) is 5.96. The minimum absolute atomic E-state index is 0.273. The van der Waals surface area contributed by atoms with Gasteiger partial charge in [0.1, 0.15) is 5.75 Å². The van der Waals surface area contributed by atoms with Crippen molar-refractivity contribution in [2.24, 2.45) is 5.92 Å². The molecule has 0 radical (unpaired) electrons. The van der Waals surface area contributed by atoms with Gasteiger partial charge in [0.15, 0.2) is 0 Å². The Bertz CT molecular complexity index is 730. The molecule has 0 heterocycles. The van der Waals surface area contributed by atoms with Crippen molar-refractivity contribution in [1.82, 2.24) is 0 Å². The van der Waals surface area contributed by atoms with Crippen molar-refractivity contribution in [3.8, 4) is 5.75 Å². The fourth-order valence-corrected chi connectivity index (χ4v) is 2.35. The van der Waals surface area contributed by atoms with E-state index in [1.54, 1.807) is 49.4 Å². The third-order valence-electron chi connectivity index (χ3n) is 4.03. The zero-order valence-corrected chi connectivity index (χ0v) is 15.4. The van der Waals surface area contributed by atoms with Gasteiger partial charge in [-0.3, -0.25) is 9.59 Å². The zero-order valence-electron chi connectivity index (χ0n) is 15.4. The molecule has 5 nitrogen and oxygen atoms in total. The lowest BCUT2D eigenvalue weighted by molar-refractivity contribution is -0.158. The molecule has 2 aromatic rings. The van der Waals surface area contributed by atoms with Crippen LogP contribution in [0.25, 0.3) is 0 Å². The molecular formula is C21H25NO4. The summed E-state index contributed by atoms with van der Waals surface area (Å²) in [4.78, 5) is 25.1. The first kappa shape index (κ1) is 19.5. The van der Waals surface area contributed by atoms with Crippen LogP contribution in [0.5, 0.6) is 5.75 Å². The minimum Gasteiger partial charge on any atom is -0.492 e. The molecule has 0 aliphatic heterocycles. The number of hydrogen-bond donors (Lipinski definition) is 1. The minimum atomic E-state index is -1.02. The Morgan fingerprint density at radius 3 is 2.31 bits per heavy atom. The summed E-state index contributed by atoms with van der Waals surface area (Å²) >= 11 is 0. The van der Waals surface area contributed by atoms with Crippen LogP contribution in [0.2, 0.25) is 0 Å². The summed E-state index contributed by atoms with van der Waals surface area (Å²) in [6.07, 6.45) is -0.373. The van der Waals surface area contributed by atoms with Gasteiger partial charge in [-0.1, -0.05) is 56.3 Å². The number of rotatable bonds is 8. The van der Waals surface area contributed by atoms with E-state index < -0.39 is 18.0 Å². The van der Waals surface area contributed by atoms with Gasteiger partial charge in [0.05, 0.1) is 18.2 Å². The summed E-state index contributed by atoms with van der Waals surface area (Å²) < 4.78 is 11.1. The summed E-state index contributed by atoms with van der Waals surface area (Å²) in [6.45, 7) is 6.05. The van der Waals surface area contributed by atoms with Gasteiger partial charge in [-0.05, 0) is 25.5 Å². The van der Waals surface area contributed by atoms with Crippen molar-refractivity contribution in [2.45, 2.75) is 33.3 Å². The van der Waals surface area contributed by atoms with Crippen molar-refractivity contribution in [2.75, 3.05) is 11.9 Å². The predicted octanol–water partition coefficient (Wildman–Crippen LogP) is 4.35. The molecule has 0 bridgehead atoms. The van der Waals surface area contributed by atoms with Crippen LogP contribution >= 0.6 is 0 Å². The van der Waals surface area contributed by atoms with Crippen molar-refractivity contribution in [1.29, 1.82) is 0 Å². The Morgan fingerprint density at radius 1 is 1.00 bits per heavy atom. The SMILES string of the molecule is CCOc1ccccc1NC(=O)C(OC(=O)C(C)CC)c1ccccc1. The number of anilines is 1. The Balaban J connectivity index is 2.25. The second-order valence-electron chi connectivity index (χ2n) is 5.96. The zero-order chi connectivity index (χ0) is 18.9. The molecule has 1 N–H and O–H groups in total. The number of hydrogen-bond acceptors (Lipinski definition) is 4. The molecule has 2 unspecified atom stereocenters. The average molecular weight is 355 g/mol. The van der Waals surface area contributed by atoms with Crippen molar-refractivity contribution < 1.29 is 19.1 Å². The van der Waals surface area contributed by atoms with Crippen molar-refractivity contribution in [3.63, 3.8) is 0 Å². The standard InChI is InChI=1S/C21H25NO4/c1-4-15(3)21(24)26-19(16-11-7-6-8-12-16)20(23)22-17-13-9-10-14-18(17)25-5-2/h6-15,19H,4-5H2,1-3H3,(H,22,23). The highest BCUT2D eigenvalue weighted by molar-refractivity contribution is 5.97. The van der Waals surface area contributed by atoms with E-state index in [1.807, 2.05) is 26.0 Å². The monoisotopic (exact) mass is 355 g/mol. The number of para-hydroxylation sites is 2. The summed E-state index contributed by atoms with van der Waals surface area (Å²) in [5.41, 5.74) is 1.16. The molecule has 0 fully saturated rings. The van der Waals surface area contributed by atoms with Crippen LogP contribution in [0.1, 0.15) is 38.9 Å². The molecule has 2 aromatic carbocycles. The lowest BCUT2D eigenvalue weighted by Gasteiger charge is -2.20. The van der Waals surface area contributed by atoms with Crippen LogP contribution in [-0.2, 0) is 14.3 Å². The normalized spacial score (nSPS) is 12.7. The van der Waals surface area contributed by atoms with Gasteiger partial charge in [-0.25, -0.2) is 0 Å². The van der Waals surface area contributed by atoms with Crippen LogP contribution in [0.15, 0.2) is 54.6 Å². The highest BCUT2D eigenvalue weighted by Gasteiger charge is 2.27. The molecule has 2 atom stereocenters. The lowest BCUT2D eigenvalue weighted by Crippen LogP contribution is -2.28. The van der Waals surface area contributed by atoms with E-state index in [0.717, 1.165) is 0 Å². The van der Waals surface area contributed by atoms with E-state index in [9.17, 15) is 9.59 Å². The highest BCUT2D eigenvalue weighted by atomic mass is 16.5. The number of ether oxygens (including phenoxy) is 2. The lowest BCUT2D eigenvalue weighted by atomic mass is 10.1. The molecule has 5 heteroatoms. The molecule has 0 aliphatic carbocycles. The average Bonchev–Trinajstić information content (AvgIpc) is 2.67. The maximum absolute atomic E-state index is 12.9. The van der Waals surface area contributed by atoms with Crippen molar-refractivity contribution in [3.05, 3.63) is 60.2 Å². The molecule has 2 rings (SSSR count). The van der Waals surface area contributed by atoms with Gasteiger partial charge < -0.3 is 14.8 Å². The summed E-state index contributed by atoms with van der Waals surface area (Å²) in [5.74, 6) is -0.511. The van der Waals surface area contributed by atoms with Gasteiger partial charge in [0.2, 0.25) is 6.10 Å². The molecule has 138 valence electrons. The molecule has 0 aliphatic rings. The number of nitrogens with one attached hydrogen (secondary N) is 1. The van der Waals surface area contributed by atoms with E-state index in [0.29, 0.717) is 30.0 Å². The predicted molar refractivity (Wildman–Crippen MR) is 101 cm³/mol. The van der Waals surface area contributed by atoms with Crippen molar-refractivity contribution >= 4 is 17.6 Å². The van der Waals surface area contributed by atoms with Crippen LogP contribution < -0.4 is 10.1 Å². The second kappa shape index (κ2) is 9.61. The Kier molecular flexibility index (Phi) is 7.21. The summed E-state index contributed by atoms with van der Waals surface area (Å²) in [7, 11) is 0. The molecule has 0 saturated heterocycles. The van der Waals surface area contributed by atoms with Gasteiger partial charge in [0.25, 0.3) is 5.91 Å². The van der Waals surface area contributed by atoms with Crippen LogP contribution in [0.3, 0.4) is 0 Å². The molecule has 1 amide bonds. The molecular weight excluding hydrogens is 330 g/mol. The third-order valence-corrected chi connectivity index (χ3v) is 4.03. The first-order valence-electron chi connectivity index (χ1n) is 8.84. The van der Waals surface area contributed by atoms with Crippen LogP contribution in [-0.4, -0.2) is 18.5 Å². The number of carbonyl (C=O) groups excluding carboxylic acids is 2. The van der Waals surface area contributed by atoms with Gasteiger partial charge in [-0.15, -0.1) is 0 Å². The number of esters is 1. The maximum Gasteiger partial charge on any atom is 0.309 e. The van der Waals surface area contributed by atoms with Crippen LogP contribution in [0, 0.1) is 5.92 Å². The number of benzene rings is 2.